The average molecular weight is 196 g/mol. The number of fused-ring (bicyclic) bond motifs is 1. The molecule has 76 valence electrons. The van der Waals surface area contributed by atoms with Gasteiger partial charge in [-0.25, -0.2) is 0 Å². The normalized spacial score (nSPS) is 25.3. The second-order valence-electron chi connectivity index (χ2n) is 3.67. The number of rotatable bonds is 0. The first kappa shape index (κ1) is 9.01. The second-order valence-corrected chi connectivity index (χ2v) is 3.67. The second kappa shape index (κ2) is 2.98. The Bertz CT molecular complexity index is 413. The number of nitrogen functional groups attached to an aromatic ring is 1. The number of nitrogens with one attached hydrogen (secondary N) is 2. The number of H-pyrrole nitrogens is 1. The van der Waals surface area contributed by atoms with E-state index in [4.69, 9.17) is 5.73 Å². The average Bonchev–Trinajstić information content (AvgIpc) is 2.08. The van der Waals surface area contributed by atoms with Gasteiger partial charge in [-0.3, -0.25) is 9.78 Å². The molecule has 0 bridgehead atoms. The molecule has 0 saturated heterocycles. The summed E-state index contributed by atoms with van der Waals surface area (Å²) < 4.78 is 0. The molecular formula is C8H14N5O+. The van der Waals surface area contributed by atoms with E-state index in [0.29, 0.717) is 17.5 Å². The fraction of sp³-hybridized carbons (Fsp3) is 0.500. The van der Waals surface area contributed by atoms with Crippen molar-refractivity contribution in [3.05, 3.63) is 10.4 Å². The van der Waals surface area contributed by atoms with Gasteiger partial charge in [0.2, 0.25) is 11.6 Å². The third-order valence-corrected chi connectivity index (χ3v) is 2.56. The molecule has 0 saturated carbocycles. The van der Waals surface area contributed by atoms with Crippen LogP contribution in [0.5, 0.6) is 0 Å². The molecule has 1 aliphatic rings. The van der Waals surface area contributed by atoms with Gasteiger partial charge in [0.1, 0.15) is 6.04 Å². The van der Waals surface area contributed by atoms with E-state index in [2.05, 4.69) is 22.2 Å². The summed E-state index contributed by atoms with van der Waals surface area (Å²) in [5.41, 5.74) is 5.85. The zero-order valence-electron chi connectivity index (χ0n) is 8.16. The van der Waals surface area contributed by atoms with Crippen molar-refractivity contribution in [1.82, 2.24) is 9.97 Å². The van der Waals surface area contributed by atoms with Gasteiger partial charge in [-0.05, 0) is 13.8 Å². The first-order valence-corrected chi connectivity index (χ1v) is 4.59. The number of hydrogen-bond donors (Lipinski definition) is 4. The van der Waals surface area contributed by atoms with E-state index < -0.39 is 0 Å². The van der Waals surface area contributed by atoms with Crippen LogP contribution in [0, 0.1) is 0 Å². The van der Waals surface area contributed by atoms with Crippen molar-refractivity contribution < 1.29 is 5.32 Å². The van der Waals surface area contributed by atoms with Gasteiger partial charge >= 0.3 is 5.56 Å². The van der Waals surface area contributed by atoms with E-state index >= 15 is 0 Å². The lowest BCUT2D eigenvalue weighted by Crippen LogP contribution is -2.90. The highest BCUT2D eigenvalue weighted by Crippen LogP contribution is 2.15. The first-order chi connectivity index (χ1) is 6.58. The standard InChI is InChI=1S/C8H13N5O/c1-3-4(2)11-6-5(10-3)7(14)13-8(9)12-6/h3-4,10H,1-2H3,(H4,9,11,12,13,14)/p+1. The maximum absolute atomic E-state index is 11.5. The van der Waals surface area contributed by atoms with E-state index in [9.17, 15) is 4.79 Å². The van der Waals surface area contributed by atoms with Crippen molar-refractivity contribution in [2.24, 2.45) is 0 Å². The molecule has 1 aliphatic heterocycles. The molecule has 2 unspecified atom stereocenters. The molecule has 6 heteroatoms. The molecule has 0 radical (unpaired) electrons. The predicted molar refractivity (Wildman–Crippen MR) is 53.4 cm³/mol. The summed E-state index contributed by atoms with van der Waals surface area (Å²) in [6.45, 7) is 4.10. The Balaban J connectivity index is 2.52. The van der Waals surface area contributed by atoms with Crippen LogP contribution < -0.4 is 21.9 Å². The molecule has 0 fully saturated rings. The Morgan fingerprint density at radius 1 is 1.50 bits per heavy atom. The fourth-order valence-electron chi connectivity index (χ4n) is 1.52. The van der Waals surface area contributed by atoms with Crippen LogP contribution in [0.1, 0.15) is 13.8 Å². The van der Waals surface area contributed by atoms with Crippen LogP contribution in [0.2, 0.25) is 0 Å². The van der Waals surface area contributed by atoms with Crippen molar-refractivity contribution >= 4 is 17.5 Å². The molecule has 0 aromatic carbocycles. The van der Waals surface area contributed by atoms with Crippen LogP contribution in [-0.2, 0) is 0 Å². The van der Waals surface area contributed by atoms with Gasteiger partial charge < -0.3 is 16.4 Å². The third-order valence-electron chi connectivity index (χ3n) is 2.56. The lowest BCUT2D eigenvalue weighted by molar-refractivity contribution is -0.611. The Kier molecular flexibility index (Phi) is 1.92. The minimum absolute atomic E-state index is 0.149. The van der Waals surface area contributed by atoms with Crippen LogP contribution in [0.25, 0.3) is 0 Å². The van der Waals surface area contributed by atoms with E-state index in [1.807, 2.05) is 12.2 Å². The van der Waals surface area contributed by atoms with E-state index in [0.717, 1.165) is 0 Å². The Morgan fingerprint density at radius 3 is 2.93 bits per heavy atom. The molecule has 6 N–H and O–H groups in total. The van der Waals surface area contributed by atoms with E-state index in [1.165, 1.54) is 0 Å². The van der Waals surface area contributed by atoms with Gasteiger partial charge in [-0.15, -0.1) is 0 Å². The Labute approximate surface area is 80.9 Å². The van der Waals surface area contributed by atoms with Crippen molar-refractivity contribution in [3.63, 3.8) is 0 Å². The lowest BCUT2D eigenvalue weighted by atomic mass is 10.1. The molecule has 0 spiro atoms. The van der Waals surface area contributed by atoms with E-state index in [-0.39, 0.29) is 17.5 Å². The number of nitrogens with zero attached hydrogens (tertiary/aromatic N) is 1. The summed E-state index contributed by atoms with van der Waals surface area (Å²) in [7, 11) is 0. The molecule has 2 heterocycles. The minimum atomic E-state index is -0.182. The summed E-state index contributed by atoms with van der Waals surface area (Å²) in [6, 6.07) is 0.588. The molecule has 6 nitrogen and oxygen atoms in total. The highest BCUT2D eigenvalue weighted by Gasteiger charge is 2.28. The third kappa shape index (κ3) is 1.33. The molecule has 0 aliphatic carbocycles. The van der Waals surface area contributed by atoms with Gasteiger partial charge in [-0.2, -0.15) is 4.98 Å². The summed E-state index contributed by atoms with van der Waals surface area (Å²) in [4.78, 5) is 18.0. The molecule has 1 aromatic rings. The summed E-state index contributed by atoms with van der Waals surface area (Å²) >= 11 is 0. The van der Waals surface area contributed by atoms with Crippen molar-refractivity contribution in [3.8, 4) is 0 Å². The van der Waals surface area contributed by atoms with Crippen LogP contribution in [-0.4, -0.2) is 22.1 Å². The van der Waals surface area contributed by atoms with Gasteiger partial charge in [0.25, 0.3) is 0 Å². The lowest BCUT2D eigenvalue weighted by Gasteiger charge is -2.25. The maximum atomic E-state index is 11.5. The van der Waals surface area contributed by atoms with Crippen LogP contribution >= 0.6 is 0 Å². The molecule has 1 aromatic heterocycles. The largest absolute Gasteiger partial charge is 0.369 e. The fourth-order valence-corrected chi connectivity index (χ4v) is 1.52. The number of aromatic amines is 1. The predicted octanol–water partition coefficient (Wildman–Crippen LogP) is -1.25. The zero-order valence-corrected chi connectivity index (χ0v) is 8.16. The van der Waals surface area contributed by atoms with Gasteiger partial charge in [0, 0.05) is 0 Å². The monoisotopic (exact) mass is 196 g/mol. The highest BCUT2D eigenvalue weighted by molar-refractivity contribution is 5.57. The molecule has 2 rings (SSSR count). The molecule has 2 atom stereocenters. The first-order valence-electron chi connectivity index (χ1n) is 4.59. The number of quaternary nitrogens is 1. The Hall–Kier alpha value is -1.56. The topological polar surface area (TPSA) is 100 Å². The Morgan fingerprint density at radius 2 is 2.21 bits per heavy atom. The number of hydrogen-bond acceptors (Lipinski definition) is 4. The van der Waals surface area contributed by atoms with Gasteiger partial charge in [-0.1, -0.05) is 0 Å². The van der Waals surface area contributed by atoms with Crippen molar-refractivity contribution in [1.29, 1.82) is 0 Å². The van der Waals surface area contributed by atoms with Crippen LogP contribution in [0.15, 0.2) is 4.79 Å². The van der Waals surface area contributed by atoms with Crippen LogP contribution in [0.3, 0.4) is 0 Å². The SMILES string of the molecule is CC1Nc2nc(N)[nH]c(=O)c2[NH2+]C1C. The number of aromatic nitrogens is 2. The summed E-state index contributed by atoms with van der Waals surface area (Å²) in [5.74, 6) is 0.730. The number of anilines is 2. The molecule has 14 heavy (non-hydrogen) atoms. The minimum Gasteiger partial charge on any atom is -0.369 e. The molecular weight excluding hydrogens is 182 g/mol. The smallest absolute Gasteiger partial charge is 0.315 e. The van der Waals surface area contributed by atoms with Gasteiger partial charge in [0.15, 0.2) is 5.82 Å². The zero-order chi connectivity index (χ0) is 10.3. The number of nitrogens with two attached hydrogens (primary N) is 2. The van der Waals surface area contributed by atoms with Crippen LogP contribution in [0.4, 0.5) is 17.5 Å². The van der Waals surface area contributed by atoms with E-state index in [1.54, 1.807) is 0 Å². The maximum Gasteiger partial charge on any atom is 0.315 e. The summed E-state index contributed by atoms with van der Waals surface area (Å²) in [5, 5.41) is 5.07. The molecule has 0 amide bonds. The highest BCUT2D eigenvalue weighted by atomic mass is 16.1. The van der Waals surface area contributed by atoms with Gasteiger partial charge in [0.05, 0.1) is 6.04 Å². The summed E-state index contributed by atoms with van der Waals surface area (Å²) in [6.07, 6.45) is 0. The van der Waals surface area contributed by atoms with Crippen molar-refractivity contribution in [2.45, 2.75) is 25.9 Å². The van der Waals surface area contributed by atoms with Crippen molar-refractivity contribution in [2.75, 3.05) is 11.1 Å². The quantitative estimate of drug-likeness (QED) is 0.416.